The fraction of sp³-hybridized carbons (Fsp3) is 0.400. The van der Waals surface area contributed by atoms with Gasteiger partial charge < -0.3 is 20.1 Å². The maximum Gasteiger partial charge on any atom is 0.163 e. The second-order valence-corrected chi connectivity index (χ2v) is 6.84. The minimum atomic E-state index is 0.179. The predicted octanol–water partition coefficient (Wildman–Crippen LogP) is 3.09. The highest BCUT2D eigenvalue weighted by molar-refractivity contribution is 5.57. The van der Waals surface area contributed by atoms with Gasteiger partial charge in [-0.2, -0.15) is 0 Å². The number of benzene rings is 2. The molecule has 24 heavy (non-hydrogen) atoms. The topological polar surface area (TPSA) is 47.7 Å². The number of hydrogen-bond donors (Lipinski definition) is 1. The summed E-state index contributed by atoms with van der Waals surface area (Å²) in [6, 6.07) is 15.2. The number of hydrogen-bond acceptors (Lipinski definition) is 4. The van der Waals surface area contributed by atoms with Crippen LogP contribution in [0.15, 0.2) is 42.5 Å². The molecule has 1 fully saturated rings. The quantitative estimate of drug-likeness (QED) is 0.922. The van der Waals surface area contributed by atoms with Crippen LogP contribution in [0.3, 0.4) is 0 Å². The van der Waals surface area contributed by atoms with Crippen molar-refractivity contribution >= 4 is 5.69 Å². The molecule has 4 nitrogen and oxygen atoms in total. The third-order valence-electron chi connectivity index (χ3n) is 4.92. The fourth-order valence-corrected chi connectivity index (χ4v) is 3.66. The van der Waals surface area contributed by atoms with Crippen LogP contribution in [0.5, 0.6) is 11.5 Å². The van der Waals surface area contributed by atoms with Crippen LogP contribution in [-0.2, 0) is 0 Å². The number of anilines is 1. The molecule has 0 aromatic heterocycles. The maximum atomic E-state index is 6.36. The first-order valence-electron chi connectivity index (χ1n) is 8.66. The summed E-state index contributed by atoms with van der Waals surface area (Å²) in [6.07, 6.45) is 1.03. The monoisotopic (exact) mass is 324 g/mol. The lowest BCUT2D eigenvalue weighted by Gasteiger charge is -2.38. The van der Waals surface area contributed by atoms with Crippen LogP contribution in [0.25, 0.3) is 0 Å². The molecule has 0 amide bonds. The Hall–Kier alpha value is -2.20. The van der Waals surface area contributed by atoms with Crippen molar-refractivity contribution in [1.82, 2.24) is 0 Å². The highest BCUT2D eigenvalue weighted by atomic mass is 16.6. The summed E-state index contributed by atoms with van der Waals surface area (Å²) in [5.41, 5.74) is 10.2. The molecule has 1 saturated heterocycles. The van der Waals surface area contributed by atoms with E-state index < -0.39 is 0 Å². The second kappa shape index (κ2) is 6.36. The fourth-order valence-electron chi connectivity index (χ4n) is 3.66. The van der Waals surface area contributed by atoms with Crippen molar-refractivity contribution in [2.45, 2.75) is 25.3 Å². The smallest absolute Gasteiger partial charge is 0.163 e. The Bertz CT molecular complexity index is 714. The molecule has 2 aromatic rings. The van der Waals surface area contributed by atoms with E-state index in [4.69, 9.17) is 15.2 Å². The van der Waals surface area contributed by atoms with Gasteiger partial charge in [0.1, 0.15) is 13.2 Å². The number of fused-ring (bicyclic) bond motifs is 1. The summed E-state index contributed by atoms with van der Waals surface area (Å²) >= 11 is 0. The summed E-state index contributed by atoms with van der Waals surface area (Å²) in [5.74, 6) is 2.13. The number of ether oxygens (including phenoxy) is 2. The van der Waals surface area contributed by atoms with E-state index in [0.717, 1.165) is 36.7 Å². The SMILES string of the molecule is Cc1ccc(C2CC(N)CN(c3ccc4c(c3)OCCO4)C2)cc1. The lowest BCUT2D eigenvalue weighted by molar-refractivity contribution is 0.171. The molecular weight excluding hydrogens is 300 g/mol. The van der Waals surface area contributed by atoms with Crippen molar-refractivity contribution in [1.29, 1.82) is 0 Å². The molecule has 0 bridgehead atoms. The highest BCUT2D eigenvalue weighted by Crippen LogP contribution is 2.36. The number of rotatable bonds is 2. The standard InChI is InChI=1S/C20H24N2O2/c1-14-2-4-15(5-3-14)16-10-17(21)13-22(12-16)18-6-7-19-20(11-18)24-9-8-23-19/h2-7,11,16-17H,8-10,12-13,21H2,1H3. The summed E-state index contributed by atoms with van der Waals surface area (Å²) in [7, 11) is 0. The molecule has 4 heteroatoms. The van der Waals surface area contributed by atoms with E-state index in [1.165, 1.54) is 11.1 Å². The van der Waals surface area contributed by atoms with E-state index in [9.17, 15) is 0 Å². The Balaban J connectivity index is 1.57. The molecule has 0 saturated carbocycles. The molecular formula is C20H24N2O2. The van der Waals surface area contributed by atoms with Crippen LogP contribution in [-0.4, -0.2) is 32.3 Å². The number of nitrogens with two attached hydrogens (primary N) is 1. The van der Waals surface area contributed by atoms with E-state index in [-0.39, 0.29) is 6.04 Å². The lowest BCUT2D eigenvalue weighted by atomic mass is 9.87. The molecule has 2 aromatic carbocycles. The van der Waals surface area contributed by atoms with E-state index in [0.29, 0.717) is 19.1 Å². The molecule has 2 aliphatic rings. The van der Waals surface area contributed by atoms with Crippen LogP contribution in [0.1, 0.15) is 23.5 Å². The average Bonchev–Trinajstić information content (AvgIpc) is 2.61. The Labute approximate surface area is 143 Å². The van der Waals surface area contributed by atoms with E-state index in [2.05, 4.69) is 48.2 Å². The van der Waals surface area contributed by atoms with E-state index >= 15 is 0 Å². The Morgan fingerprint density at radius 1 is 0.958 bits per heavy atom. The summed E-state index contributed by atoms with van der Waals surface area (Å²) in [5, 5.41) is 0. The molecule has 126 valence electrons. The third kappa shape index (κ3) is 3.06. The first-order chi connectivity index (χ1) is 11.7. The third-order valence-corrected chi connectivity index (χ3v) is 4.92. The summed E-state index contributed by atoms with van der Waals surface area (Å²) < 4.78 is 11.3. The van der Waals surface area contributed by atoms with Gasteiger partial charge in [-0.25, -0.2) is 0 Å². The van der Waals surface area contributed by atoms with Crippen molar-refractivity contribution in [2.24, 2.45) is 5.73 Å². The van der Waals surface area contributed by atoms with Gasteiger partial charge in [-0.05, 0) is 31.0 Å². The first kappa shape index (κ1) is 15.3. The van der Waals surface area contributed by atoms with Gasteiger partial charge in [0, 0.05) is 36.8 Å². The van der Waals surface area contributed by atoms with Crippen molar-refractivity contribution in [3.63, 3.8) is 0 Å². The van der Waals surface area contributed by atoms with Gasteiger partial charge >= 0.3 is 0 Å². The van der Waals surface area contributed by atoms with Gasteiger partial charge in [0.05, 0.1) is 0 Å². The molecule has 0 aliphatic carbocycles. The van der Waals surface area contributed by atoms with Crippen molar-refractivity contribution in [2.75, 3.05) is 31.2 Å². The van der Waals surface area contributed by atoms with Crippen molar-refractivity contribution < 1.29 is 9.47 Å². The van der Waals surface area contributed by atoms with Gasteiger partial charge in [-0.15, -0.1) is 0 Å². The zero-order valence-electron chi connectivity index (χ0n) is 14.1. The number of piperidine rings is 1. The van der Waals surface area contributed by atoms with Crippen LogP contribution >= 0.6 is 0 Å². The lowest BCUT2D eigenvalue weighted by Crippen LogP contribution is -2.46. The van der Waals surface area contributed by atoms with Crippen LogP contribution in [0.4, 0.5) is 5.69 Å². The molecule has 2 aliphatic heterocycles. The molecule has 2 heterocycles. The van der Waals surface area contributed by atoms with Crippen LogP contribution < -0.4 is 20.1 Å². The zero-order valence-corrected chi connectivity index (χ0v) is 14.1. The number of nitrogens with zero attached hydrogens (tertiary/aromatic N) is 1. The van der Waals surface area contributed by atoms with Gasteiger partial charge in [-0.3, -0.25) is 0 Å². The van der Waals surface area contributed by atoms with Gasteiger partial charge in [0.15, 0.2) is 11.5 Å². The van der Waals surface area contributed by atoms with Gasteiger partial charge in [0.25, 0.3) is 0 Å². The normalized spacial score (nSPS) is 23.2. The summed E-state index contributed by atoms with van der Waals surface area (Å²) in [6.45, 7) is 5.22. The minimum absolute atomic E-state index is 0.179. The Morgan fingerprint density at radius 3 is 2.50 bits per heavy atom. The second-order valence-electron chi connectivity index (χ2n) is 6.84. The molecule has 2 unspecified atom stereocenters. The van der Waals surface area contributed by atoms with Crippen molar-refractivity contribution in [3.8, 4) is 11.5 Å². The molecule has 0 spiro atoms. The highest BCUT2D eigenvalue weighted by Gasteiger charge is 2.27. The van der Waals surface area contributed by atoms with Crippen LogP contribution in [0.2, 0.25) is 0 Å². The van der Waals surface area contributed by atoms with Gasteiger partial charge in [-0.1, -0.05) is 29.8 Å². The van der Waals surface area contributed by atoms with E-state index in [1.807, 2.05) is 6.07 Å². The van der Waals surface area contributed by atoms with Crippen molar-refractivity contribution in [3.05, 3.63) is 53.6 Å². The predicted molar refractivity (Wildman–Crippen MR) is 96.2 cm³/mol. The Morgan fingerprint density at radius 2 is 1.71 bits per heavy atom. The van der Waals surface area contributed by atoms with Crippen LogP contribution in [0, 0.1) is 6.92 Å². The van der Waals surface area contributed by atoms with Gasteiger partial charge in [0.2, 0.25) is 0 Å². The zero-order chi connectivity index (χ0) is 16.5. The minimum Gasteiger partial charge on any atom is -0.486 e. The molecule has 0 radical (unpaired) electrons. The largest absolute Gasteiger partial charge is 0.486 e. The molecule has 2 atom stereocenters. The summed E-state index contributed by atoms with van der Waals surface area (Å²) in [4.78, 5) is 2.37. The average molecular weight is 324 g/mol. The Kier molecular flexibility index (Phi) is 4.07. The number of aryl methyl sites for hydroxylation is 1. The maximum absolute atomic E-state index is 6.36. The first-order valence-corrected chi connectivity index (χ1v) is 8.66. The van der Waals surface area contributed by atoms with E-state index in [1.54, 1.807) is 0 Å². The molecule has 2 N–H and O–H groups in total. The molecule has 4 rings (SSSR count).